The number of benzene rings is 2. The summed E-state index contributed by atoms with van der Waals surface area (Å²) in [6, 6.07) is 13.0. The highest BCUT2D eigenvalue weighted by atomic mass is 35.5. The third-order valence-corrected chi connectivity index (χ3v) is 3.60. The first kappa shape index (κ1) is 14.4. The molecule has 0 fully saturated rings. The molecule has 104 valence electrons. The van der Waals surface area contributed by atoms with Gasteiger partial charge in [-0.3, -0.25) is 4.79 Å². The van der Waals surface area contributed by atoms with Gasteiger partial charge in [0.2, 0.25) is 0 Å². The minimum Gasteiger partial charge on any atom is -0.398 e. The Kier molecular flexibility index (Phi) is 4.30. The van der Waals surface area contributed by atoms with E-state index >= 15 is 0 Å². The second-order valence-corrected chi connectivity index (χ2v) is 5.23. The van der Waals surface area contributed by atoms with Crippen LogP contribution in [-0.2, 0) is 6.54 Å². The summed E-state index contributed by atoms with van der Waals surface area (Å²) < 4.78 is 0. The van der Waals surface area contributed by atoms with Gasteiger partial charge in [-0.2, -0.15) is 0 Å². The molecule has 0 aliphatic carbocycles. The van der Waals surface area contributed by atoms with Crippen molar-refractivity contribution >= 4 is 23.2 Å². The summed E-state index contributed by atoms with van der Waals surface area (Å²) in [5, 5.41) is 0.461. The molecule has 0 aliphatic heterocycles. The van der Waals surface area contributed by atoms with Gasteiger partial charge in [-0.15, -0.1) is 0 Å². The molecule has 3 nitrogen and oxygen atoms in total. The van der Waals surface area contributed by atoms with Crippen LogP contribution in [0.25, 0.3) is 0 Å². The molecule has 0 saturated carbocycles. The lowest BCUT2D eigenvalue weighted by Gasteiger charge is -2.19. The highest BCUT2D eigenvalue weighted by Gasteiger charge is 2.13. The van der Waals surface area contributed by atoms with Crippen molar-refractivity contribution < 1.29 is 4.79 Å². The Labute approximate surface area is 124 Å². The van der Waals surface area contributed by atoms with Crippen LogP contribution in [-0.4, -0.2) is 17.9 Å². The van der Waals surface area contributed by atoms with Gasteiger partial charge in [-0.25, -0.2) is 0 Å². The fourth-order valence-electron chi connectivity index (χ4n) is 2.01. The molecule has 0 unspecified atom stereocenters. The summed E-state index contributed by atoms with van der Waals surface area (Å²) in [5.41, 5.74) is 8.99. The molecular weight excluding hydrogens is 272 g/mol. The molecule has 2 aromatic rings. The number of carbonyl (C=O) groups is 1. The normalized spacial score (nSPS) is 10.3. The molecule has 0 radical (unpaired) electrons. The van der Waals surface area contributed by atoms with E-state index < -0.39 is 0 Å². The quantitative estimate of drug-likeness (QED) is 0.879. The summed E-state index contributed by atoms with van der Waals surface area (Å²) >= 11 is 5.87. The van der Waals surface area contributed by atoms with E-state index in [0.29, 0.717) is 22.8 Å². The van der Waals surface area contributed by atoms with Crippen LogP contribution in [0.15, 0.2) is 42.5 Å². The Bertz CT molecular complexity index is 640. The highest BCUT2D eigenvalue weighted by Crippen LogP contribution is 2.20. The largest absolute Gasteiger partial charge is 0.398 e. The molecule has 0 bridgehead atoms. The molecule has 4 heteroatoms. The Balaban J connectivity index is 2.16. The highest BCUT2D eigenvalue weighted by molar-refractivity contribution is 6.33. The lowest BCUT2D eigenvalue weighted by atomic mass is 10.1. The molecule has 1 amide bonds. The zero-order valence-corrected chi connectivity index (χ0v) is 12.3. The van der Waals surface area contributed by atoms with Gasteiger partial charge in [0.05, 0.1) is 10.7 Å². The molecule has 2 aromatic carbocycles. The fraction of sp³-hybridized carbons (Fsp3) is 0.188. The van der Waals surface area contributed by atoms with Crippen LogP contribution in [0.1, 0.15) is 21.5 Å². The minimum atomic E-state index is -0.0726. The SMILES string of the molecule is Cc1ccccc1CN(C)C(=O)c1ccc(Cl)c(N)c1. The van der Waals surface area contributed by atoms with Crippen LogP contribution >= 0.6 is 11.6 Å². The number of hydrogen-bond donors (Lipinski definition) is 1. The molecule has 0 saturated heterocycles. The van der Waals surface area contributed by atoms with E-state index in [9.17, 15) is 4.79 Å². The van der Waals surface area contributed by atoms with Crippen LogP contribution in [0.4, 0.5) is 5.69 Å². The Morgan fingerprint density at radius 3 is 2.60 bits per heavy atom. The van der Waals surface area contributed by atoms with Gasteiger partial charge >= 0.3 is 0 Å². The number of rotatable bonds is 3. The second kappa shape index (κ2) is 5.97. The van der Waals surface area contributed by atoms with E-state index in [1.807, 2.05) is 31.2 Å². The first-order chi connectivity index (χ1) is 9.49. The van der Waals surface area contributed by atoms with Crippen LogP contribution in [0.3, 0.4) is 0 Å². The van der Waals surface area contributed by atoms with E-state index in [-0.39, 0.29) is 5.91 Å². The van der Waals surface area contributed by atoms with Gasteiger partial charge in [-0.1, -0.05) is 35.9 Å². The molecule has 2 rings (SSSR count). The predicted octanol–water partition coefficient (Wildman–Crippen LogP) is 3.50. The molecule has 2 N–H and O–H groups in total. The first-order valence-electron chi connectivity index (χ1n) is 6.34. The van der Waals surface area contributed by atoms with Crippen molar-refractivity contribution in [3.05, 3.63) is 64.2 Å². The molecular formula is C16H17ClN2O. The van der Waals surface area contributed by atoms with Gasteiger partial charge in [0.1, 0.15) is 0 Å². The van der Waals surface area contributed by atoms with Crippen molar-refractivity contribution in [2.24, 2.45) is 0 Å². The molecule has 0 spiro atoms. The maximum Gasteiger partial charge on any atom is 0.253 e. The van der Waals surface area contributed by atoms with E-state index in [4.69, 9.17) is 17.3 Å². The fourth-order valence-corrected chi connectivity index (χ4v) is 2.13. The number of aryl methyl sites for hydroxylation is 1. The second-order valence-electron chi connectivity index (χ2n) is 4.82. The lowest BCUT2D eigenvalue weighted by Crippen LogP contribution is -2.26. The first-order valence-corrected chi connectivity index (χ1v) is 6.72. The van der Waals surface area contributed by atoms with Gasteiger partial charge in [-0.05, 0) is 36.2 Å². The summed E-state index contributed by atoms with van der Waals surface area (Å²) in [6.45, 7) is 2.60. The van der Waals surface area contributed by atoms with Crippen LogP contribution in [0.5, 0.6) is 0 Å². The van der Waals surface area contributed by atoms with Crippen LogP contribution in [0.2, 0.25) is 5.02 Å². The summed E-state index contributed by atoms with van der Waals surface area (Å²) in [7, 11) is 1.78. The monoisotopic (exact) mass is 288 g/mol. The van der Waals surface area contributed by atoms with E-state index in [1.54, 1.807) is 30.1 Å². The number of anilines is 1. The maximum absolute atomic E-state index is 12.4. The van der Waals surface area contributed by atoms with E-state index in [1.165, 1.54) is 5.56 Å². The van der Waals surface area contributed by atoms with Crippen molar-refractivity contribution in [1.82, 2.24) is 4.90 Å². The number of nitrogens with zero attached hydrogens (tertiary/aromatic N) is 1. The number of hydrogen-bond acceptors (Lipinski definition) is 2. The van der Waals surface area contributed by atoms with Crippen LogP contribution in [0, 0.1) is 6.92 Å². The smallest absolute Gasteiger partial charge is 0.253 e. The zero-order valence-electron chi connectivity index (χ0n) is 11.6. The summed E-state index contributed by atoms with van der Waals surface area (Å²) in [5.74, 6) is -0.0726. The topological polar surface area (TPSA) is 46.3 Å². The van der Waals surface area contributed by atoms with Gasteiger partial charge in [0.15, 0.2) is 0 Å². The molecule has 0 atom stereocenters. The predicted molar refractivity (Wildman–Crippen MR) is 82.8 cm³/mol. The lowest BCUT2D eigenvalue weighted by molar-refractivity contribution is 0.0785. The average Bonchev–Trinajstić information content (AvgIpc) is 2.43. The summed E-state index contributed by atoms with van der Waals surface area (Å²) in [4.78, 5) is 14.0. The van der Waals surface area contributed by atoms with Gasteiger partial charge < -0.3 is 10.6 Å². The molecule has 20 heavy (non-hydrogen) atoms. The molecule has 0 heterocycles. The van der Waals surface area contributed by atoms with Gasteiger partial charge in [0, 0.05) is 19.2 Å². The van der Waals surface area contributed by atoms with Crippen molar-refractivity contribution in [2.75, 3.05) is 12.8 Å². The number of halogens is 1. The van der Waals surface area contributed by atoms with Crippen molar-refractivity contribution in [2.45, 2.75) is 13.5 Å². The average molecular weight is 289 g/mol. The summed E-state index contributed by atoms with van der Waals surface area (Å²) in [6.07, 6.45) is 0. The zero-order chi connectivity index (χ0) is 14.7. The minimum absolute atomic E-state index is 0.0726. The maximum atomic E-state index is 12.4. The Morgan fingerprint density at radius 2 is 1.95 bits per heavy atom. The van der Waals surface area contributed by atoms with Crippen LogP contribution < -0.4 is 5.73 Å². The Morgan fingerprint density at radius 1 is 1.25 bits per heavy atom. The molecule has 0 aromatic heterocycles. The number of amides is 1. The van der Waals surface area contributed by atoms with Crippen molar-refractivity contribution in [3.63, 3.8) is 0 Å². The molecule has 0 aliphatic rings. The standard InChI is InChI=1S/C16H17ClN2O/c1-11-5-3-4-6-13(11)10-19(2)16(20)12-7-8-14(17)15(18)9-12/h3-9H,10,18H2,1-2H3. The third kappa shape index (κ3) is 3.11. The van der Waals surface area contributed by atoms with Gasteiger partial charge in [0.25, 0.3) is 5.91 Å². The third-order valence-electron chi connectivity index (χ3n) is 3.26. The number of nitrogens with two attached hydrogens (primary N) is 1. The Hall–Kier alpha value is -2.00. The van der Waals surface area contributed by atoms with E-state index in [2.05, 4.69) is 0 Å². The number of carbonyl (C=O) groups excluding carboxylic acids is 1. The van der Waals surface area contributed by atoms with Crippen molar-refractivity contribution in [1.29, 1.82) is 0 Å². The number of nitrogen functional groups attached to an aromatic ring is 1. The van der Waals surface area contributed by atoms with Crippen molar-refractivity contribution in [3.8, 4) is 0 Å². The van der Waals surface area contributed by atoms with E-state index in [0.717, 1.165) is 5.56 Å².